The zero-order valence-corrected chi connectivity index (χ0v) is 17.6. The summed E-state index contributed by atoms with van der Waals surface area (Å²) in [7, 11) is 1.40. The fourth-order valence-corrected chi connectivity index (χ4v) is 4.25. The molecule has 0 radical (unpaired) electrons. The van der Waals surface area contributed by atoms with E-state index in [0.717, 1.165) is 37.4 Å². The van der Waals surface area contributed by atoms with Gasteiger partial charge in [-0.15, -0.1) is 0 Å². The number of hydrogen-bond acceptors (Lipinski definition) is 5. The summed E-state index contributed by atoms with van der Waals surface area (Å²) in [4.78, 5) is 14.9. The molecule has 4 rings (SSSR count). The van der Waals surface area contributed by atoms with Crippen LogP contribution in [0.25, 0.3) is 0 Å². The van der Waals surface area contributed by atoms with Gasteiger partial charge in [-0.05, 0) is 55.2 Å². The molecule has 2 heterocycles. The number of hydrazine groups is 1. The molecule has 2 aromatic carbocycles. The summed E-state index contributed by atoms with van der Waals surface area (Å²) in [5.74, 6) is -0.650. The summed E-state index contributed by atoms with van der Waals surface area (Å²) in [5.41, 5.74) is 8.28. The molecule has 0 spiro atoms. The van der Waals surface area contributed by atoms with Gasteiger partial charge in [0.25, 0.3) is 5.91 Å². The van der Waals surface area contributed by atoms with Crippen molar-refractivity contribution in [1.29, 1.82) is 0 Å². The van der Waals surface area contributed by atoms with Gasteiger partial charge >= 0.3 is 0 Å². The van der Waals surface area contributed by atoms with E-state index in [1.165, 1.54) is 24.8 Å². The third kappa shape index (κ3) is 4.75. The number of piperidine rings is 1. The van der Waals surface area contributed by atoms with Gasteiger partial charge in [0.05, 0.1) is 13.3 Å². The molecule has 2 atom stereocenters. The van der Waals surface area contributed by atoms with Crippen molar-refractivity contribution in [1.82, 2.24) is 21.1 Å². The maximum absolute atomic E-state index is 13.9. The topological polar surface area (TPSA) is 65.6 Å². The molecule has 0 bridgehead atoms. The first-order valence-corrected chi connectivity index (χ1v) is 10.6. The number of benzene rings is 2. The Morgan fingerprint density at radius 3 is 2.57 bits per heavy atom. The van der Waals surface area contributed by atoms with Crippen LogP contribution in [0.1, 0.15) is 41.2 Å². The van der Waals surface area contributed by atoms with Gasteiger partial charge in [-0.25, -0.2) is 15.2 Å². The van der Waals surface area contributed by atoms with Crippen LogP contribution in [0.15, 0.2) is 42.5 Å². The molecule has 6 nitrogen and oxygen atoms in total. The first kappa shape index (κ1) is 21.1. The minimum absolute atomic E-state index is 0.0836. The number of ether oxygens (including phenoxy) is 1. The van der Waals surface area contributed by atoms with Crippen LogP contribution in [-0.4, -0.2) is 43.2 Å². The number of hydrogen-bond donors (Lipinski definition) is 3. The second-order valence-corrected chi connectivity index (χ2v) is 8.21. The quantitative estimate of drug-likeness (QED) is 0.677. The van der Waals surface area contributed by atoms with Crippen molar-refractivity contribution < 1.29 is 13.9 Å². The number of amides is 1. The molecule has 3 N–H and O–H groups in total. The van der Waals surface area contributed by atoms with Crippen LogP contribution >= 0.6 is 11.6 Å². The summed E-state index contributed by atoms with van der Waals surface area (Å²) in [6.07, 6.45) is 2.92. The van der Waals surface area contributed by atoms with Gasteiger partial charge in [0.1, 0.15) is 0 Å². The molecule has 0 aromatic heterocycles. The standard InChI is InChI=1S/C22H26ClFN4O2/c1-30-20-7-4-15(12-18(20)24)22(29)25-17-8-10-28(11-9-17)21-13-19(26-27-21)14-2-5-16(23)6-3-14/h2-7,12,17,19,21,26-27H,8-11,13H2,1H3,(H,25,29). The molecule has 2 aliphatic heterocycles. The van der Waals surface area contributed by atoms with E-state index in [9.17, 15) is 9.18 Å². The second-order valence-electron chi connectivity index (χ2n) is 7.78. The summed E-state index contributed by atoms with van der Waals surface area (Å²) in [6.45, 7) is 1.77. The molecular weight excluding hydrogens is 407 g/mol. The Bertz CT molecular complexity index is 887. The van der Waals surface area contributed by atoms with Crippen molar-refractivity contribution in [3.8, 4) is 5.75 Å². The van der Waals surface area contributed by atoms with Crippen LogP contribution < -0.4 is 20.9 Å². The highest BCUT2D eigenvalue weighted by Crippen LogP contribution is 2.26. The van der Waals surface area contributed by atoms with Gasteiger partial charge in [-0.2, -0.15) is 0 Å². The van der Waals surface area contributed by atoms with Crippen molar-refractivity contribution in [2.45, 2.75) is 37.5 Å². The first-order chi connectivity index (χ1) is 14.5. The highest BCUT2D eigenvalue weighted by molar-refractivity contribution is 6.30. The van der Waals surface area contributed by atoms with E-state index >= 15 is 0 Å². The molecule has 160 valence electrons. The Labute approximate surface area is 180 Å². The Morgan fingerprint density at radius 1 is 1.17 bits per heavy atom. The van der Waals surface area contributed by atoms with Crippen LogP contribution in [0.4, 0.5) is 4.39 Å². The van der Waals surface area contributed by atoms with Gasteiger partial charge in [-0.1, -0.05) is 23.7 Å². The fraction of sp³-hybridized carbons (Fsp3) is 0.409. The lowest BCUT2D eigenvalue weighted by molar-refractivity contribution is 0.0879. The molecule has 2 unspecified atom stereocenters. The van der Waals surface area contributed by atoms with Crippen LogP contribution in [0, 0.1) is 5.82 Å². The normalized spacial score (nSPS) is 22.8. The molecule has 2 saturated heterocycles. The third-order valence-electron chi connectivity index (χ3n) is 5.88. The minimum atomic E-state index is -0.532. The second kappa shape index (κ2) is 9.31. The minimum Gasteiger partial charge on any atom is -0.494 e. The molecule has 1 amide bonds. The Hall–Kier alpha value is -2.19. The van der Waals surface area contributed by atoms with E-state index in [1.54, 1.807) is 6.07 Å². The van der Waals surface area contributed by atoms with Gasteiger partial charge in [0.15, 0.2) is 11.6 Å². The van der Waals surface area contributed by atoms with Crippen molar-refractivity contribution in [3.63, 3.8) is 0 Å². The predicted molar refractivity (Wildman–Crippen MR) is 114 cm³/mol. The highest BCUT2D eigenvalue weighted by Gasteiger charge is 2.32. The van der Waals surface area contributed by atoms with Gasteiger partial charge in [0, 0.05) is 35.8 Å². The van der Waals surface area contributed by atoms with E-state index in [4.69, 9.17) is 16.3 Å². The largest absolute Gasteiger partial charge is 0.494 e. The van der Waals surface area contributed by atoms with E-state index in [-0.39, 0.29) is 29.9 Å². The van der Waals surface area contributed by atoms with Crippen molar-refractivity contribution in [2.24, 2.45) is 0 Å². The lowest BCUT2D eigenvalue weighted by Crippen LogP contribution is -2.51. The average molecular weight is 433 g/mol. The average Bonchev–Trinajstić information content (AvgIpc) is 3.25. The number of carbonyl (C=O) groups is 1. The Balaban J connectivity index is 1.26. The maximum atomic E-state index is 13.9. The van der Waals surface area contributed by atoms with E-state index in [1.807, 2.05) is 24.3 Å². The van der Waals surface area contributed by atoms with Crippen LogP contribution in [0.5, 0.6) is 5.75 Å². The van der Waals surface area contributed by atoms with Crippen molar-refractivity contribution >= 4 is 17.5 Å². The summed E-state index contributed by atoms with van der Waals surface area (Å²) >= 11 is 5.98. The first-order valence-electron chi connectivity index (χ1n) is 10.2. The third-order valence-corrected chi connectivity index (χ3v) is 6.13. The SMILES string of the molecule is COc1ccc(C(=O)NC2CCN(C3CC(c4ccc(Cl)cc4)NN3)CC2)cc1F. The summed E-state index contributed by atoms with van der Waals surface area (Å²) in [6, 6.07) is 12.5. The molecule has 2 fully saturated rings. The van der Waals surface area contributed by atoms with Crippen molar-refractivity contribution in [2.75, 3.05) is 20.2 Å². The number of likely N-dealkylation sites (tertiary alicyclic amines) is 1. The Kier molecular flexibility index (Phi) is 6.53. The lowest BCUT2D eigenvalue weighted by Gasteiger charge is -2.35. The summed E-state index contributed by atoms with van der Waals surface area (Å²) < 4.78 is 18.8. The number of nitrogens with zero attached hydrogens (tertiary/aromatic N) is 1. The maximum Gasteiger partial charge on any atom is 0.251 e. The number of halogens is 2. The molecule has 8 heteroatoms. The Morgan fingerprint density at radius 2 is 1.90 bits per heavy atom. The number of methoxy groups -OCH3 is 1. The van der Waals surface area contributed by atoms with Crippen LogP contribution in [0.3, 0.4) is 0 Å². The van der Waals surface area contributed by atoms with Crippen molar-refractivity contribution in [3.05, 3.63) is 64.4 Å². The smallest absolute Gasteiger partial charge is 0.251 e. The number of carbonyl (C=O) groups excluding carboxylic acids is 1. The monoisotopic (exact) mass is 432 g/mol. The zero-order chi connectivity index (χ0) is 21.1. The number of rotatable bonds is 5. The van der Waals surface area contributed by atoms with Gasteiger partial charge < -0.3 is 10.1 Å². The van der Waals surface area contributed by atoms with E-state index in [0.29, 0.717) is 5.56 Å². The summed E-state index contributed by atoms with van der Waals surface area (Å²) in [5, 5.41) is 3.77. The van der Waals surface area contributed by atoms with Crippen LogP contribution in [-0.2, 0) is 0 Å². The van der Waals surface area contributed by atoms with Gasteiger partial charge in [-0.3, -0.25) is 9.69 Å². The van der Waals surface area contributed by atoms with Gasteiger partial charge in [0.2, 0.25) is 0 Å². The molecule has 2 aliphatic rings. The predicted octanol–water partition coefficient (Wildman–Crippen LogP) is 3.25. The number of nitrogens with one attached hydrogen (secondary N) is 3. The molecular formula is C22H26ClFN4O2. The molecule has 0 aliphatic carbocycles. The van der Waals surface area contributed by atoms with E-state index in [2.05, 4.69) is 21.1 Å². The molecule has 2 aromatic rings. The van der Waals surface area contributed by atoms with E-state index < -0.39 is 5.82 Å². The van der Waals surface area contributed by atoms with Crippen LogP contribution in [0.2, 0.25) is 5.02 Å². The molecule has 0 saturated carbocycles. The highest BCUT2D eigenvalue weighted by atomic mass is 35.5. The molecule has 30 heavy (non-hydrogen) atoms. The lowest BCUT2D eigenvalue weighted by atomic mass is 10.0. The zero-order valence-electron chi connectivity index (χ0n) is 16.8. The fourth-order valence-electron chi connectivity index (χ4n) is 4.12.